The summed E-state index contributed by atoms with van der Waals surface area (Å²) in [6.07, 6.45) is -0.472. The first-order valence-corrected chi connectivity index (χ1v) is 6.84. The highest BCUT2D eigenvalue weighted by atomic mass is 19.1. The number of phenolic OH excluding ortho intramolecular Hbond substituents is 1. The van der Waals surface area contributed by atoms with E-state index in [1.54, 1.807) is 20.8 Å². The first-order valence-electron chi connectivity index (χ1n) is 6.84. The Bertz CT molecular complexity index is 466. The Morgan fingerprint density at radius 1 is 1.38 bits per heavy atom. The average molecular weight is 298 g/mol. The third kappa shape index (κ3) is 7.51. The Kier molecular flexibility index (Phi) is 5.96. The highest BCUT2D eigenvalue weighted by Gasteiger charge is 2.17. The molecule has 0 radical (unpaired) electrons. The molecule has 0 spiro atoms. The molecule has 21 heavy (non-hydrogen) atoms. The van der Waals surface area contributed by atoms with Crippen molar-refractivity contribution in [3.8, 4) is 5.75 Å². The van der Waals surface area contributed by atoms with Crippen LogP contribution in [0.3, 0.4) is 0 Å². The van der Waals surface area contributed by atoms with Gasteiger partial charge in [-0.25, -0.2) is 9.18 Å². The fourth-order valence-corrected chi connectivity index (χ4v) is 1.73. The summed E-state index contributed by atoms with van der Waals surface area (Å²) in [5.74, 6) is -0.585. The van der Waals surface area contributed by atoms with Gasteiger partial charge >= 0.3 is 6.09 Å². The average Bonchev–Trinajstić information content (AvgIpc) is 2.24. The lowest BCUT2D eigenvalue weighted by atomic mass is 10.2. The quantitative estimate of drug-likeness (QED) is 0.781. The van der Waals surface area contributed by atoms with Crippen molar-refractivity contribution in [1.82, 2.24) is 10.6 Å². The Morgan fingerprint density at radius 3 is 2.62 bits per heavy atom. The predicted octanol–water partition coefficient (Wildman–Crippen LogP) is 2.53. The molecule has 0 heterocycles. The number of rotatable bonds is 5. The molecular weight excluding hydrogens is 275 g/mol. The topological polar surface area (TPSA) is 70.6 Å². The summed E-state index contributed by atoms with van der Waals surface area (Å²) >= 11 is 0. The van der Waals surface area contributed by atoms with Crippen LogP contribution in [-0.2, 0) is 11.3 Å². The minimum atomic E-state index is -0.531. The predicted molar refractivity (Wildman–Crippen MR) is 78.6 cm³/mol. The van der Waals surface area contributed by atoms with E-state index in [9.17, 15) is 14.3 Å². The second-order valence-electron chi connectivity index (χ2n) is 6.00. The van der Waals surface area contributed by atoms with E-state index in [-0.39, 0.29) is 11.8 Å². The van der Waals surface area contributed by atoms with Gasteiger partial charge in [-0.3, -0.25) is 0 Å². The number of amides is 1. The number of carbonyl (C=O) groups excluding carboxylic acids is 1. The lowest BCUT2D eigenvalue weighted by Gasteiger charge is -2.22. The van der Waals surface area contributed by atoms with E-state index in [1.165, 1.54) is 12.1 Å². The molecule has 0 aliphatic rings. The zero-order chi connectivity index (χ0) is 16.0. The van der Waals surface area contributed by atoms with Crippen LogP contribution in [0.2, 0.25) is 0 Å². The first-order chi connectivity index (χ1) is 9.65. The summed E-state index contributed by atoms with van der Waals surface area (Å²) in [7, 11) is 0. The Labute approximate surface area is 124 Å². The molecule has 118 valence electrons. The number of nitrogens with one attached hydrogen (secondary N) is 2. The maximum atomic E-state index is 13.1. The van der Waals surface area contributed by atoms with E-state index >= 15 is 0 Å². The van der Waals surface area contributed by atoms with Gasteiger partial charge in [-0.05, 0) is 45.4 Å². The number of aromatic hydroxyl groups is 1. The van der Waals surface area contributed by atoms with E-state index in [4.69, 9.17) is 4.74 Å². The molecule has 1 aromatic rings. The number of hydrogen-bond acceptors (Lipinski definition) is 4. The van der Waals surface area contributed by atoms with Gasteiger partial charge in [-0.15, -0.1) is 0 Å². The Hall–Kier alpha value is -1.82. The third-order valence-electron chi connectivity index (χ3n) is 2.49. The molecule has 1 unspecified atom stereocenters. The van der Waals surface area contributed by atoms with Gasteiger partial charge in [0.1, 0.15) is 17.2 Å². The number of carbonyl (C=O) groups is 1. The SMILES string of the molecule is CC(CNCc1cc(O)cc(F)c1)NC(=O)OC(C)(C)C. The largest absolute Gasteiger partial charge is 0.508 e. The molecule has 0 saturated heterocycles. The van der Waals surface area contributed by atoms with Gasteiger partial charge in [0.2, 0.25) is 0 Å². The minimum Gasteiger partial charge on any atom is -0.508 e. The van der Waals surface area contributed by atoms with Crippen molar-refractivity contribution < 1.29 is 19.0 Å². The van der Waals surface area contributed by atoms with E-state index in [0.29, 0.717) is 18.7 Å². The number of halogens is 1. The summed E-state index contributed by atoms with van der Waals surface area (Å²) in [5, 5.41) is 15.1. The normalized spacial score (nSPS) is 12.8. The number of ether oxygens (including phenoxy) is 1. The van der Waals surface area contributed by atoms with Gasteiger partial charge in [-0.1, -0.05) is 0 Å². The van der Waals surface area contributed by atoms with Crippen molar-refractivity contribution in [1.29, 1.82) is 0 Å². The van der Waals surface area contributed by atoms with Crippen molar-refractivity contribution in [3.05, 3.63) is 29.6 Å². The highest BCUT2D eigenvalue weighted by molar-refractivity contribution is 5.68. The summed E-state index contributed by atoms with van der Waals surface area (Å²) in [5.41, 5.74) is 0.105. The number of phenols is 1. The van der Waals surface area contributed by atoms with Crippen LogP contribution in [0.15, 0.2) is 18.2 Å². The van der Waals surface area contributed by atoms with Crippen LogP contribution in [0.1, 0.15) is 33.3 Å². The monoisotopic (exact) mass is 298 g/mol. The fourth-order valence-electron chi connectivity index (χ4n) is 1.73. The fraction of sp³-hybridized carbons (Fsp3) is 0.533. The van der Waals surface area contributed by atoms with Crippen molar-refractivity contribution in [2.45, 2.75) is 45.9 Å². The van der Waals surface area contributed by atoms with E-state index < -0.39 is 17.5 Å². The second kappa shape index (κ2) is 7.26. The van der Waals surface area contributed by atoms with Crippen molar-refractivity contribution in [2.75, 3.05) is 6.54 Å². The lowest BCUT2D eigenvalue weighted by molar-refractivity contribution is 0.0508. The molecule has 3 N–H and O–H groups in total. The second-order valence-corrected chi connectivity index (χ2v) is 6.00. The zero-order valence-corrected chi connectivity index (χ0v) is 12.9. The summed E-state index contributed by atoms with van der Waals surface area (Å²) in [6.45, 7) is 8.12. The minimum absolute atomic E-state index is 0.105. The maximum absolute atomic E-state index is 13.1. The van der Waals surface area contributed by atoms with E-state index in [0.717, 1.165) is 6.07 Å². The summed E-state index contributed by atoms with van der Waals surface area (Å²) in [4.78, 5) is 11.5. The summed E-state index contributed by atoms with van der Waals surface area (Å²) in [6, 6.07) is 3.75. The molecule has 1 rings (SSSR count). The molecule has 0 bridgehead atoms. The van der Waals surface area contributed by atoms with Crippen LogP contribution in [-0.4, -0.2) is 29.4 Å². The maximum Gasteiger partial charge on any atom is 0.407 e. The molecule has 1 atom stereocenters. The van der Waals surface area contributed by atoms with Crippen LogP contribution in [0, 0.1) is 5.82 Å². The zero-order valence-electron chi connectivity index (χ0n) is 12.9. The van der Waals surface area contributed by atoms with Crippen LogP contribution < -0.4 is 10.6 Å². The van der Waals surface area contributed by atoms with Crippen LogP contribution in [0.4, 0.5) is 9.18 Å². The molecule has 0 aliphatic heterocycles. The number of benzene rings is 1. The molecule has 1 amide bonds. The molecule has 6 heteroatoms. The number of hydrogen-bond donors (Lipinski definition) is 3. The first kappa shape index (κ1) is 17.2. The molecule has 0 aliphatic carbocycles. The Balaban J connectivity index is 2.33. The third-order valence-corrected chi connectivity index (χ3v) is 2.49. The van der Waals surface area contributed by atoms with Gasteiger partial charge in [-0.2, -0.15) is 0 Å². The lowest BCUT2D eigenvalue weighted by Crippen LogP contribution is -2.42. The number of alkyl carbamates (subject to hydrolysis) is 1. The van der Waals surface area contributed by atoms with Crippen LogP contribution in [0.25, 0.3) is 0 Å². The molecular formula is C15H23FN2O3. The van der Waals surface area contributed by atoms with Gasteiger partial charge in [0, 0.05) is 25.2 Å². The van der Waals surface area contributed by atoms with Crippen molar-refractivity contribution in [3.63, 3.8) is 0 Å². The van der Waals surface area contributed by atoms with Gasteiger partial charge in [0.05, 0.1) is 0 Å². The van der Waals surface area contributed by atoms with Crippen molar-refractivity contribution >= 4 is 6.09 Å². The molecule has 0 aromatic heterocycles. The van der Waals surface area contributed by atoms with Gasteiger partial charge in [0.15, 0.2) is 0 Å². The highest BCUT2D eigenvalue weighted by Crippen LogP contribution is 2.14. The van der Waals surface area contributed by atoms with E-state index in [1.807, 2.05) is 6.92 Å². The van der Waals surface area contributed by atoms with Crippen LogP contribution in [0.5, 0.6) is 5.75 Å². The van der Waals surface area contributed by atoms with Crippen LogP contribution >= 0.6 is 0 Å². The van der Waals surface area contributed by atoms with E-state index in [2.05, 4.69) is 10.6 Å². The molecule has 0 fully saturated rings. The molecule has 1 aromatic carbocycles. The van der Waals surface area contributed by atoms with Gasteiger partial charge in [0.25, 0.3) is 0 Å². The molecule has 0 saturated carbocycles. The summed E-state index contributed by atoms with van der Waals surface area (Å²) < 4.78 is 18.2. The van der Waals surface area contributed by atoms with Crippen molar-refractivity contribution in [2.24, 2.45) is 0 Å². The molecule has 5 nitrogen and oxygen atoms in total. The standard InChI is InChI=1S/C15H23FN2O3/c1-10(18-14(20)21-15(2,3)4)8-17-9-11-5-12(16)7-13(19)6-11/h5-7,10,17,19H,8-9H2,1-4H3,(H,18,20). The smallest absolute Gasteiger partial charge is 0.407 e. The van der Waals surface area contributed by atoms with Gasteiger partial charge < -0.3 is 20.5 Å². The Morgan fingerprint density at radius 2 is 2.05 bits per heavy atom.